The third-order valence-corrected chi connectivity index (χ3v) is 1.33. The van der Waals surface area contributed by atoms with Crippen LogP contribution in [-0.4, -0.2) is 39.9 Å². The van der Waals surface area contributed by atoms with Crippen LogP contribution in [0.4, 0.5) is 0 Å². The Morgan fingerprint density at radius 3 is 2.46 bits per heavy atom. The Hall–Kier alpha value is -0.650. The normalized spacial score (nSPS) is 10.0. The van der Waals surface area contributed by atoms with Gasteiger partial charge in [0.25, 0.3) is 0 Å². The SMILES string of the molecule is COCCCC(=O)NOCCOC. The highest BCUT2D eigenvalue weighted by atomic mass is 16.7. The van der Waals surface area contributed by atoms with Crippen molar-refractivity contribution >= 4 is 5.91 Å². The maximum Gasteiger partial charge on any atom is 0.243 e. The summed E-state index contributed by atoms with van der Waals surface area (Å²) in [5.41, 5.74) is 2.30. The van der Waals surface area contributed by atoms with Crippen LogP contribution in [0.3, 0.4) is 0 Å². The lowest BCUT2D eigenvalue weighted by molar-refractivity contribution is -0.134. The number of carbonyl (C=O) groups excluding carboxylic acids is 1. The molecule has 0 spiro atoms. The molecule has 0 bridgehead atoms. The van der Waals surface area contributed by atoms with Crippen molar-refractivity contribution in [2.75, 3.05) is 34.0 Å². The molecule has 0 saturated heterocycles. The second-order valence-corrected chi connectivity index (χ2v) is 2.46. The highest BCUT2D eigenvalue weighted by Gasteiger charge is 1.99. The molecule has 0 aliphatic heterocycles. The molecular formula is C8H17NO4. The number of nitrogens with one attached hydrogen (secondary N) is 1. The van der Waals surface area contributed by atoms with Crippen LogP contribution in [0.5, 0.6) is 0 Å². The predicted octanol–water partition coefficient (Wildman–Crippen LogP) is 0.107. The van der Waals surface area contributed by atoms with Gasteiger partial charge < -0.3 is 9.47 Å². The summed E-state index contributed by atoms with van der Waals surface area (Å²) in [5.74, 6) is -0.131. The molecule has 13 heavy (non-hydrogen) atoms. The van der Waals surface area contributed by atoms with E-state index in [1.165, 1.54) is 0 Å². The molecule has 0 aromatic carbocycles. The summed E-state index contributed by atoms with van der Waals surface area (Å²) in [6.07, 6.45) is 1.12. The highest BCUT2D eigenvalue weighted by Crippen LogP contribution is 1.88. The number of carbonyl (C=O) groups is 1. The number of ether oxygens (including phenoxy) is 2. The first kappa shape index (κ1) is 12.3. The molecule has 0 rings (SSSR count). The number of amides is 1. The quantitative estimate of drug-likeness (QED) is 0.437. The van der Waals surface area contributed by atoms with E-state index in [0.29, 0.717) is 32.7 Å². The maximum atomic E-state index is 10.9. The summed E-state index contributed by atoms with van der Waals surface area (Å²) in [6, 6.07) is 0. The molecule has 0 aliphatic rings. The number of rotatable bonds is 8. The first-order chi connectivity index (χ1) is 6.31. The molecule has 0 atom stereocenters. The molecule has 0 fully saturated rings. The van der Waals surface area contributed by atoms with Gasteiger partial charge in [0.15, 0.2) is 0 Å². The lowest BCUT2D eigenvalue weighted by atomic mass is 10.3. The fraction of sp³-hybridized carbons (Fsp3) is 0.875. The minimum atomic E-state index is -0.131. The molecule has 78 valence electrons. The van der Waals surface area contributed by atoms with Gasteiger partial charge in [0.05, 0.1) is 13.2 Å². The van der Waals surface area contributed by atoms with E-state index in [-0.39, 0.29) is 5.91 Å². The fourth-order valence-electron chi connectivity index (χ4n) is 0.685. The standard InChI is InChI=1S/C8H17NO4/c1-11-5-3-4-8(10)9-13-7-6-12-2/h3-7H2,1-2H3,(H,9,10). The molecule has 0 heterocycles. The van der Waals surface area contributed by atoms with Crippen molar-refractivity contribution in [1.82, 2.24) is 5.48 Å². The van der Waals surface area contributed by atoms with E-state index >= 15 is 0 Å². The molecule has 1 amide bonds. The minimum Gasteiger partial charge on any atom is -0.385 e. The van der Waals surface area contributed by atoms with Crippen LogP contribution in [0.15, 0.2) is 0 Å². The second kappa shape index (κ2) is 9.44. The van der Waals surface area contributed by atoms with Gasteiger partial charge in [-0.2, -0.15) is 0 Å². The van der Waals surface area contributed by atoms with Crippen LogP contribution in [0.2, 0.25) is 0 Å². The first-order valence-electron chi connectivity index (χ1n) is 4.19. The Balaban J connectivity index is 3.11. The number of hydrogen-bond acceptors (Lipinski definition) is 4. The molecule has 0 aromatic rings. The van der Waals surface area contributed by atoms with E-state index in [1.807, 2.05) is 0 Å². The summed E-state index contributed by atoms with van der Waals surface area (Å²) in [5, 5.41) is 0. The Labute approximate surface area is 78.3 Å². The van der Waals surface area contributed by atoms with Gasteiger partial charge in [-0.25, -0.2) is 5.48 Å². The van der Waals surface area contributed by atoms with Crippen LogP contribution in [-0.2, 0) is 19.1 Å². The average Bonchev–Trinajstić information content (AvgIpc) is 2.13. The lowest BCUT2D eigenvalue weighted by Gasteiger charge is -2.04. The van der Waals surface area contributed by atoms with Gasteiger partial charge in [-0.05, 0) is 6.42 Å². The van der Waals surface area contributed by atoms with Crippen molar-refractivity contribution in [2.45, 2.75) is 12.8 Å². The first-order valence-corrected chi connectivity index (χ1v) is 4.19. The number of methoxy groups -OCH3 is 2. The summed E-state index contributed by atoms with van der Waals surface area (Å²) >= 11 is 0. The van der Waals surface area contributed by atoms with Crippen molar-refractivity contribution in [2.24, 2.45) is 0 Å². The topological polar surface area (TPSA) is 56.8 Å². The molecule has 1 N–H and O–H groups in total. The Morgan fingerprint density at radius 1 is 1.15 bits per heavy atom. The molecule has 5 nitrogen and oxygen atoms in total. The number of hydroxylamine groups is 1. The summed E-state index contributed by atoms with van der Waals surface area (Å²) in [7, 11) is 3.18. The molecule has 0 radical (unpaired) electrons. The van der Waals surface area contributed by atoms with Crippen LogP contribution < -0.4 is 5.48 Å². The largest absolute Gasteiger partial charge is 0.385 e. The second-order valence-electron chi connectivity index (χ2n) is 2.46. The van der Waals surface area contributed by atoms with Crippen molar-refractivity contribution in [3.8, 4) is 0 Å². The van der Waals surface area contributed by atoms with Crippen molar-refractivity contribution < 1.29 is 19.1 Å². The van der Waals surface area contributed by atoms with Gasteiger partial charge in [0.2, 0.25) is 5.91 Å². The molecule has 0 aromatic heterocycles. The molecular weight excluding hydrogens is 174 g/mol. The van der Waals surface area contributed by atoms with E-state index in [1.54, 1.807) is 14.2 Å². The zero-order chi connectivity index (χ0) is 9.94. The van der Waals surface area contributed by atoms with E-state index < -0.39 is 0 Å². The van der Waals surface area contributed by atoms with Crippen LogP contribution >= 0.6 is 0 Å². The molecule has 0 unspecified atom stereocenters. The van der Waals surface area contributed by atoms with E-state index in [9.17, 15) is 4.79 Å². The Bertz CT molecular complexity index is 129. The third-order valence-electron chi connectivity index (χ3n) is 1.33. The van der Waals surface area contributed by atoms with Gasteiger partial charge in [-0.15, -0.1) is 0 Å². The van der Waals surface area contributed by atoms with Gasteiger partial charge in [0.1, 0.15) is 0 Å². The zero-order valence-electron chi connectivity index (χ0n) is 8.17. The monoisotopic (exact) mass is 191 g/mol. The minimum absolute atomic E-state index is 0.131. The van der Waals surface area contributed by atoms with Gasteiger partial charge in [0, 0.05) is 27.2 Å². The van der Waals surface area contributed by atoms with Gasteiger partial charge in [-0.3, -0.25) is 9.63 Å². The van der Waals surface area contributed by atoms with Crippen molar-refractivity contribution in [3.63, 3.8) is 0 Å². The van der Waals surface area contributed by atoms with Crippen LogP contribution in [0.25, 0.3) is 0 Å². The van der Waals surface area contributed by atoms with Crippen LogP contribution in [0.1, 0.15) is 12.8 Å². The molecule has 0 aliphatic carbocycles. The summed E-state index contributed by atoms with van der Waals surface area (Å²) < 4.78 is 9.52. The van der Waals surface area contributed by atoms with Gasteiger partial charge >= 0.3 is 0 Å². The maximum absolute atomic E-state index is 10.9. The molecule has 5 heteroatoms. The Kier molecular flexibility index (Phi) is 8.97. The summed E-state index contributed by atoms with van der Waals surface area (Å²) in [4.78, 5) is 15.7. The van der Waals surface area contributed by atoms with E-state index in [0.717, 1.165) is 0 Å². The fourth-order valence-corrected chi connectivity index (χ4v) is 0.685. The molecule has 0 saturated carbocycles. The van der Waals surface area contributed by atoms with Crippen molar-refractivity contribution in [1.29, 1.82) is 0 Å². The third kappa shape index (κ3) is 9.26. The summed E-state index contributed by atoms with van der Waals surface area (Å²) in [6.45, 7) is 1.43. The predicted molar refractivity (Wildman–Crippen MR) is 47.1 cm³/mol. The van der Waals surface area contributed by atoms with E-state index in [4.69, 9.17) is 14.3 Å². The zero-order valence-corrected chi connectivity index (χ0v) is 8.17. The van der Waals surface area contributed by atoms with Crippen molar-refractivity contribution in [3.05, 3.63) is 0 Å². The smallest absolute Gasteiger partial charge is 0.243 e. The lowest BCUT2D eigenvalue weighted by Crippen LogP contribution is -2.25. The number of hydrogen-bond donors (Lipinski definition) is 1. The average molecular weight is 191 g/mol. The van der Waals surface area contributed by atoms with E-state index in [2.05, 4.69) is 5.48 Å². The Morgan fingerprint density at radius 2 is 1.85 bits per heavy atom. The highest BCUT2D eigenvalue weighted by molar-refractivity contribution is 5.74. The van der Waals surface area contributed by atoms with Gasteiger partial charge in [-0.1, -0.05) is 0 Å². The van der Waals surface area contributed by atoms with Crippen LogP contribution in [0, 0.1) is 0 Å².